The van der Waals surface area contributed by atoms with Crippen LogP contribution in [0, 0.1) is 5.92 Å². The van der Waals surface area contributed by atoms with Crippen molar-refractivity contribution in [2.24, 2.45) is 5.92 Å². The number of fused-ring (bicyclic) bond motifs is 1. The molecule has 4 nitrogen and oxygen atoms in total. The quantitative estimate of drug-likeness (QED) is 0.890. The second kappa shape index (κ2) is 5.72. The Morgan fingerprint density at radius 2 is 2.10 bits per heavy atom. The second-order valence-corrected chi connectivity index (χ2v) is 7.17. The molecule has 2 unspecified atom stereocenters. The van der Waals surface area contributed by atoms with Crippen molar-refractivity contribution in [3.63, 3.8) is 0 Å². The zero-order valence-corrected chi connectivity index (χ0v) is 12.7. The van der Waals surface area contributed by atoms with Crippen LogP contribution >= 0.6 is 11.3 Å². The average molecular weight is 294 g/mol. The molecular weight excluding hydrogens is 272 g/mol. The van der Waals surface area contributed by atoms with E-state index in [0.29, 0.717) is 12.5 Å². The number of nitrogens with one attached hydrogen (secondary N) is 1. The Labute approximate surface area is 123 Å². The first kappa shape index (κ1) is 13.9. The summed E-state index contributed by atoms with van der Waals surface area (Å²) in [5, 5.41) is 13.6. The van der Waals surface area contributed by atoms with Crippen molar-refractivity contribution in [3.8, 4) is 0 Å². The number of carboxylic acids is 1. The standard InChI is InChI=1S/C15H22N2O2S/c1-9(10-5-3-2-4-6-10)16-15-17-13-11(14(18)19)7-8-12(13)20-15/h9-11H,2-8H2,1H3,(H,16,17)(H,18,19). The second-order valence-electron chi connectivity index (χ2n) is 6.09. The summed E-state index contributed by atoms with van der Waals surface area (Å²) in [6, 6.07) is 0.435. The van der Waals surface area contributed by atoms with Gasteiger partial charge in [0.25, 0.3) is 0 Å². The molecule has 0 saturated heterocycles. The molecule has 0 amide bonds. The molecule has 0 bridgehead atoms. The molecule has 2 aliphatic carbocycles. The summed E-state index contributed by atoms with van der Waals surface area (Å²) in [5.41, 5.74) is 0.806. The predicted molar refractivity (Wildman–Crippen MR) is 80.5 cm³/mol. The maximum atomic E-state index is 11.2. The van der Waals surface area contributed by atoms with Crippen molar-refractivity contribution in [2.45, 2.75) is 63.8 Å². The van der Waals surface area contributed by atoms with Crippen LogP contribution in [0.3, 0.4) is 0 Å². The van der Waals surface area contributed by atoms with E-state index in [1.54, 1.807) is 11.3 Å². The highest BCUT2D eigenvalue weighted by atomic mass is 32.1. The Morgan fingerprint density at radius 1 is 1.35 bits per heavy atom. The molecule has 0 radical (unpaired) electrons. The van der Waals surface area contributed by atoms with Crippen LogP contribution in [0.5, 0.6) is 0 Å². The van der Waals surface area contributed by atoms with Crippen LogP contribution in [-0.4, -0.2) is 22.1 Å². The lowest BCUT2D eigenvalue weighted by Gasteiger charge is -2.28. The van der Waals surface area contributed by atoms with Crippen molar-refractivity contribution < 1.29 is 9.90 Å². The van der Waals surface area contributed by atoms with Gasteiger partial charge in [-0.3, -0.25) is 4.79 Å². The average Bonchev–Trinajstić information content (AvgIpc) is 2.98. The number of aryl methyl sites for hydroxylation is 1. The third kappa shape index (κ3) is 2.68. The number of nitrogens with zero attached hydrogens (tertiary/aromatic N) is 1. The van der Waals surface area contributed by atoms with Gasteiger partial charge >= 0.3 is 5.97 Å². The molecule has 1 saturated carbocycles. The summed E-state index contributed by atoms with van der Waals surface area (Å²) in [7, 11) is 0. The maximum absolute atomic E-state index is 11.2. The molecule has 2 aliphatic rings. The molecule has 5 heteroatoms. The third-order valence-corrected chi connectivity index (χ3v) is 5.79. The highest BCUT2D eigenvalue weighted by molar-refractivity contribution is 7.15. The van der Waals surface area contributed by atoms with E-state index in [2.05, 4.69) is 17.2 Å². The van der Waals surface area contributed by atoms with Gasteiger partial charge in [-0.2, -0.15) is 0 Å². The zero-order valence-electron chi connectivity index (χ0n) is 11.9. The summed E-state index contributed by atoms with van der Waals surface area (Å²) in [6.07, 6.45) is 8.23. The van der Waals surface area contributed by atoms with Crippen molar-refractivity contribution in [1.82, 2.24) is 4.98 Å². The van der Waals surface area contributed by atoms with Gasteiger partial charge in [0.05, 0.1) is 5.69 Å². The van der Waals surface area contributed by atoms with Crippen LogP contribution in [0.2, 0.25) is 0 Å². The number of rotatable bonds is 4. The molecule has 3 rings (SSSR count). The van der Waals surface area contributed by atoms with Crippen LogP contribution in [-0.2, 0) is 11.2 Å². The molecule has 1 fully saturated rings. The predicted octanol–water partition coefficient (Wildman–Crippen LogP) is 3.64. The summed E-state index contributed by atoms with van der Waals surface area (Å²) in [4.78, 5) is 16.9. The third-order valence-electron chi connectivity index (χ3n) is 4.72. The largest absolute Gasteiger partial charge is 0.481 e. The van der Waals surface area contributed by atoms with E-state index in [9.17, 15) is 9.90 Å². The van der Waals surface area contributed by atoms with Gasteiger partial charge < -0.3 is 10.4 Å². The van der Waals surface area contributed by atoms with Gasteiger partial charge in [-0.05, 0) is 38.5 Å². The van der Waals surface area contributed by atoms with Gasteiger partial charge in [-0.25, -0.2) is 4.98 Å². The zero-order chi connectivity index (χ0) is 14.1. The Morgan fingerprint density at radius 3 is 2.80 bits per heavy atom. The summed E-state index contributed by atoms with van der Waals surface area (Å²) < 4.78 is 0. The Bertz CT molecular complexity index is 494. The monoisotopic (exact) mass is 294 g/mol. The highest BCUT2D eigenvalue weighted by Crippen LogP contribution is 2.39. The van der Waals surface area contributed by atoms with E-state index < -0.39 is 5.97 Å². The Hall–Kier alpha value is -1.10. The molecule has 1 aromatic heterocycles. The molecule has 20 heavy (non-hydrogen) atoms. The first-order chi connectivity index (χ1) is 9.65. The van der Waals surface area contributed by atoms with E-state index >= 15 is 0 Å². The van der Waals surface area contributed by atoms with Gasteiger partial charge in [0.15, 0.2) is 5.13 Å². The number of hydrogen-bond acceptors (Lipinski definition) is 4. The fourth-order valence-electron chi connectivity index (χ4n) is 3.48. The molecule has 0 aliphatic heterocycles. The van der Waals surface area contributed by atoms with E-state index in [0.717, 1.165) is 28.0 Å². The SMILES string of the molecule is CC(Nc1nc2c(s1)CCC2C(=O)O)C1CCCCC1. The summed E-state index contributed by atoms with van der Waals surface area (Å²) in [5.74, 6) is -0.388. The fourth-order valence-corrected chi connectivity index (χ4v) is 4.61. The minimum Gasteiger partial charge on any atom is -0.481 e. The minimum absolute atomic E-state index is 0.387. The number of aliphatic carboxylic acids is 1. The Balaban J connectivity index is 1.67. The lowest BCUT2D eigenvalue weighted by atomic mass is 9.85. The number of carboxylic acid groups (broad SMARTS) is 1. The van der Waals surface area contributed by atoms with Gasteiger partial charge in [-0.15, -0.1) is 11.3 Å². The van der Waals surface area contributed by atoms with E-state index in [-0.39, 0.29) is 5.92 Å². The number of anilines is 1. The first-order valence-corrected chi connectivity index (χ1v) is 8.45. The lowest BCUT2D eigenvalue weighted by molar-refractivity contribution is -0.138. The summed E-state index contributed by atoms with van der Waals surface area (Å²) in [6.45, 7) is 2.23. The maximum Gasteiger partial charge on any atom is 0.312 e. The molecular formula is C15H22N2O2S. The Kier molecular flexibility index (Phi) is 3.96. The van der Waals surface area contributed by atoms with Crippen LogP contribution in [0.15, 0.2) is 0 Å². The van der Waals surface area contributed by atoms with Crippen molar-refractivity contribution >= 4 is 22.4 Å². The summed E-state index contributed by atoms with van der Waals surface area (Å²) >= 11 is 1.65. The van der Waals surface area contributed by atoms with E-state index in [1.165, 1.54) is 32.1 Å². The topological polar surface area (TPSA) is 62.2 Å². The number of aromatic nitrogens is 1. The van der Waals surface area contributed by atoms with Crippen LogP contribution in [0.4, 0.5) is 5.13 Å². The highest BCUT2D eigenvalue weighted by Gasteiger charge is 2.32. The van der Waals surface area contributed by atoms with E-state index in [4.69, 9.17) is 0 Å². The number of thiazole rings is 1. The van der Waals surface area contributed by atoms with E-state index in [1.807, 2.05) is 0 Å². The number of carbonyl (C=O) groups is 1. The molecule has 110 valence electrons. The van der Waals surface area contributed by atoms with Crippen molar-refractivity contribution in [3.05, 3.63) is 10.6 Å². The van der Waals surface area contributed by atoms with Gasteiger partial charge in [0, 0.05) is 10.9 Å². The molecule has 2 N–H and O–H groups in total. The smallest absolute Gasteiger partial charge is 0.312 e. The minimum atomic E-state index is -0.735. The number of hydrogen-bond donors (Lipinski definition) is 2. The van der Waals surface area contributed by atoms with Crippen LogP contribution in [0.25, 0.3) is 0 Å². The first-order valence-electron chi connectivity index (χ1n) is 7.64. The van der Waals surface area contributed by atoms with Crippen molar-refractivity contribution in [1.29, 1.82) is 0 Å². The molecule has 1 aromatic rings. The molecule has 0 aromatic carbocycles. The normalized spacial score (nSPS) is 24.4. The van der Waals surface area contributed by atoms with Gasteiger partial charge in [0.1, 0.15) is 5.92 Å². The molecule has 1 heterocycles. The van der Waals surface area contributed by atoms with Gasteiger partial charge in [0.2, 0.25) is 0 Å². The molecule has 0 spiro atoms. The van der Waals surface area contributed by atoms with Crippen LogP contribution in [0.1, 0.15) is 61.9 Å². The van der Waals surface area contributed by atoms with Gasteiger partial charge in [-0.1, -0.05) is 19.3 Å². The van der Waals surface area contributed by atoms with Crippen LogP contribution < -0.4 is 5.32 Å². The fraction of sp³-hybridized carbons (Fsp3) is 0.733. The van der Waals surface area contributed by atoms with Crippen molar-refractivity contribution in [2.75, 3.05) is 5.32 Å². The molecule has 2 atom stereocenters. The lowest BCUT2D eigenvalue weighted by Crippen LogP contribution is -2.27.